The van der Waals surface area contributed by atoms with Crippen LogP contribution in [0.3, 0.4) is 0 Å². The average molecular weight is 324 g/mol. The van der Waals surface area contributed by atoms with E-state index in [-0.39, 0.29) is 0 Å². The van der Waals surface area contributed by atoms with Gasteiger partial charge in [0.1, 0.15) is 0 Å². The molecule has 2 saturated heterocycles. The Bertz CT molecular complexity index is 282. The summed E-state index contributed by atoms with van der Waals surface area (Å²) in [7, 11) is 1.05. The van der Waals surface area contributed by atoms with Gasteiger partial charge in [0.25, 0.3) is 0 Å². The molecule has 4 fully saturated rings. The van der Waals surface area contributed by atoms with Crippen LogP contribution in [0.1, 0.15) is 83.5 Å². The third-order valence-corrected chi connectivity index (χ3v) is 13.6. The third-order valence-electron chi connectivity index (χ3n) is 6.74. The summed E-state index contributed by atoms with van der Waals surface area (Å²) in [5.41, 5.74) is 5.00. The van der Waals surface area contributed by atoms with E-state index < -0.39 is 0 Å². The van der Waals surface area contributed by atoms with E-state index in [9.17, 15) is 0 Å². The van der Waals surface area contributed by atoms with Crippen molar-refractivity contribution in [2.24, 2.45) is 0 Å². The molecule has 4 rings (SSSR count). The molecule has 2 heterocycles. The van der Waals surface area contributed by atoms with Gasteiger partial charge in [-0.25, -0.2) is 0 Å². The summed E-state index contributed by atoms with van der Waals surface area (Å²) in [5, 5.41) is 0. The van der Waals surface area contributed by atoms with Crippen LogP contribution in [-0.2, 0) is 0 Å². The minimum absolute atomic E-state index is 0.526. The predicted molar refractivity (Wildman–Crippen MR) is 98.7 cm³/mol. The Morgan fingerprint density at radius 1 is 0.476 bits per heavy atom. The zero-order valence-corrected chi connectivity index (χ0v) is 15.6. The number of hydrogen-bond acceptors (Lipinski definition) is 0. The minimum Gasteiger partial charge on any atom is -0.0991 e. The van der Waals surface area contributed by atoms with Gasteiger partial charge < -0.3 is 0 Å². The normalized spacial score (nSPS) is 46.3. The van der Waals surface area contributed by atoms with Crippen molar-refractivity contribution in [3.8, 4) is 0 Å². The van der Waals surface area contributed by atoms with Gasteiger partial charge in [-0.05, 0) is 67.1 Å². The second-order valence-electron chi connectivity index (χ2n) is 8.08. The second-order valence-corrected chi connectivity index (χ2v) is 13.7. The number of rotatable bonds is 4. The van der Waals surface area contributed by atoms with Gasteiger partial charge in [-0.1, -0.05) is 67.2 Å². The molecule has 2 aliphatic carbocycles. The SMILES string of the molecule is C1CCCC2C(CC1)P2CCCP1C2CCCCCCC21. The fraction of sp³-hybridized carbons (Fsp3) is 1.00. The second kappa shape index (κ2) is 7.18. The molecule has 0 nitrogen and oxygen atoms in total. The molecule has 4 unspecified atom stereocenters. The molecule has 0 radical (unpaired) electrons. The van der Waals surface area contributed by atoms with Crippen LogP contribution in [0, 0.1) is 0 Å². The fourth-order valence-electron chi connectivity index (χ4n) is 5.44. The standard InChI is InChI=1S/C19H34P2/c1-2-6-11-17-16(10-5-1)20(17)14-9-15-21-18-12-7-3-4-8-13-19(18)21/h16-19H,1-15H2. The first-order valence-corrected chi connectivity index (χ1v) is 13.3. The third kappa shape index (κ3) is 3.69. The van der Waals surface area contributed by atoms with E-state index >= 15 is 0 Å². The topological polar surface area (TPSA) is 0 Å². The monoisotopic (exact) mass is 324 g/mol. The lowest BCUT2D eigenvalue weighted by Gasteiger charge is -2.04. The Kier molecular flexibility index (Phi) is 5.26. The van der Waals surface area contributed by atoms with E-state index in [0.29, 0.717) is 15.8 Å². The molecule has 2 heteroatoms. The number of hydrogen-bond donors (Lipinski definition) is 0. The van der Waals surface area contributed by atoms with E-state index in [4.69, 9.17) is 0 Å². The van der Waals surface area contributed by atoms with Crippen LogP contribution in [-0.4, -0.2) is 35.0 Å². The van der Waals surface area contributed by atoms with Gasteiger partial charge in [0.05, 0.1) is 0 Å². The molecule has 0 amide bonds. The summed E-state index contributed by atoms with van der Waals surface area (Å²) in [5.74, 6) is 0. The quantitative estimate of drug-likeness (QED) is 0.514. The van der Waals surface area contributed by atoms with Gasteiger partial charge in [-0.2, -0.15) is 0 Å². The van der Waals surface area contributed by atoms with Crippen molar-refractivity contribution in [2.45, 2.75) is 106 Å². The molecular formula is C19H34P2. The van der Waals surface area contributed by atoms with Crippen LogP contribution >= 0.6 is 15.8 Å². The molecule has 2 saturated carbocycles. The molecule has 120 valence electrons. The van der Waals surface area contributed by atoms with Crippen LogP contribution in [0.2, 0.25) is 0 Å². The summed E-state index contributed by atoms with van der Waals surface area (Å²) >= 11 is 0. The first kappa shape index (κ1) is 15.4. The smallest absolute Gasteiger partial charge is 0.0139 e. The van der Waals surface area contributed by atoms with Crippen molar-refractivity contribution in [1.29, 1.82) is 0 Å². The molecule has 4 aliphatic rings. The van der Waals surface area contributed by atoms with Gasteiger partial charge in [0.2, 0.25) is 0 Å². The van der Waals surface area contributed by atoms with Crippen molar-refractivity contribution >= 4 is 15.8 Å². The van der Waals surface area contributed by atoms with E-state index in [1.54, 1.807) is 95.8 Å². The van der Waals surface area contributed by atoms with Crippen molar-refractivity contribution in [1.82, 2.24) is 0 Å². The molecule has 0 spiro atoms. The fourth-order valence-corrected chi connectivity index (χ4v) is 12.8. The molecule has 0 bridgehead atoms. The Morgan fingerprint density at radius 2 is 0.810 bits per heavy atom. The maximum Gasteiger partial charge on any atom is -0.0139 e. The van der Waals surface area contributed by atoms with Crippen molar-refractivity contribution < 1.29 is 0 Å². The molecule has 2 aliphatic heterocycles. The highest BCUT2D eigenvalue weighted by molar-refractivity contribution is 7.68. The van der Waals surface area contributed by atoms with E-state index in [1.807, 2.05) is 0 Å². The lowest BCUT2D eigenvalue weighted by atomic mass is 10.0. The van der Waals surface area contributed by atoms with E-state index in [2.05, 4.69) is 0 Å². The van der Waals surface area contributed by atoms with Crippen LogP contribution in [0.4, 0.5) is 0 Å². The van der Waals surface area contributed by atoms with E-state index in [0.717, 1.165) is 0 Å². The molecule has 0 aromatic rings. The average Bonchev–Trinajstić information content (AvgIpc) is 3.26. The van der Waals surface area contributed by atoms with Crippen LogP contribution in [0.25, 0.3) is 0 Å². The van der Waals surface area contributed by atoms with Crippen LogP contribution in [0.5, 0.6) is 0 Å². The first-order valence-electron chi connectivity index (χ1n) is 9.96. The van der Waals surface area contributed by atoms with E-state index in [1.165, 1.54) is 22.6 Å². The van der Waals surface area contributed by atoms with Crippen molar-refractivity contribution in [2.75, 3.05) is 12.3 Å². The largest absolute Gasteiger partial charge is 0.0991 e. The lowest BCUT2D eigenvalue weighted by Crippen LogP contribution is -1.97. The highest BCUT2D eigenvalue weighted by Crippen LogP contribution is 2.73. The predicted octanol–water partition coefficient (Wildman–Crippen LogP) is 6.55. The van der Waals surface area contributed by atoms with Gasteiger partial charge in [-0.15, -0.1) is 0 Å². The Balaban J connectivity index is 1.17. The van der Waals surface area contributed by atoms with Crippen LogP contribution < -0.4 is 0 Å². The molecule has 0 N–H and O–H groups in total. The Labute approximate surface area is 134 Å². The van der Waals surface area contributed by atoms with Crippen molar-refractivity contribution in [3.63, 3.8) is 0 Å². The summed E-state index contributed by atoms with van der Waals surface area (Å²) in [6.45, 7) is 0. The van der Waals surface area contributed by atoms with Gasteiger partial charge >= 0.3 is 0 Å². The summed E-state index contributed by atoms with van der Waals surface area (Å²) in [6, 6.07) is 0. The maximum atomic E-state index is 1.68. The summed E-state index contributed by atoms with van der Waals surface area (Å²) < 4.78 is 0. The van der Waals surface area contributed by atoms with Gasteiger partial charge in [0.15, 0.2) is 0 Å². The Morgan fingerprint density at radius 3 is 1.14 bits per heavy atom. The molecule has 0 aromatic heterocycles. The zero-order chi connectivity index (χ0) is 14.1. The highest BCUT2D eigenvalue weighted by atomic mass is 31.1. The zero-order valence-electron chi connectivity index (χ0n) is 13.8. The summed E-state index contributed by atoms with van der Waals surface area (Å²) in [6.07, 6.45) is 23.9. The van der Waals surface area contributed by atoms with Crippen LogP contribution in [0.15, 0.2) is 0 Å². The maximum absolute atomic E-state index is 1.68. The lowest BCUT2D eigenvalue weighted by molar-refractivity contribution is 0.551. The summed E-state index contributed by atoms with van der Waals surface area (Å²) in [4.78, 5) is 0. The molecule has 4 atom stereocenters. The van der Waals surface area contributed by atoms with Crippen molar-refractivity contribution in [3.05, 3.63) is 0 Å². The molecule has 21 heavy (non-hydrogen) atoms. The molecular weight excluding hydrogens is 290 g/mol. The first-order chi connectivity index (χ1) is 10.4. The molecule has 0 aromatic carbocycles. The van der Waals surface area contributed by atoms with Gasteiger partial charge in [-0.3, -0.25) is 0 Å². The van der Waals surface area contributed by atoms with Gasteiger partial charge in [0, 0.05) is 0 Å². The number of fused-ring (bicyclic) bond motifs is 2. The minimum atomic E-state index is 0.526. The highest BCUT2D eigenvalue weighted by Gasteiger charge is 2.50. The Hall–Kier alpha value is 0.860.